The molecule has 2 rings (SSSR count). The van der Waals surface area contributed by atoms with Crippen LogP contribution >= 0.6 is 0 Å². The number of hydrogen-bond donors (Lipinski definition) is 1. The molecule has 2 heterocycles. The summed E-state index contributed by atoms with van der Waals surface area (Å²) in [5.41, 5.74) is 4.76. The van der Waals surface area contributed by atoms with Crippen LogP contribution in [0, 0.1) is 13.8 Å². The van der Waals surface area contributed by atoms with Gasteiger partial charge in [-0.2, -0.15) is 0 Å². The highest BCUT2D eigenvalue weighted by Crippen LogP contribution is 2.20. The molecule has 0 amide bonds. The Hall–Kier alpha value is -1.74. The molecule has 0 aromatic carbocycles. The molecule has 2 aromatic rings. The third-order valence-electron chi connectivity index (χ3n) is 3.28. The number of pyridine rings is 2. The van der Waals surface area contributed by atoms with Crippen LogP contribution < -0.4 is 5.32 Å². The molecule has 0 aliphatic rings. The summed E-state index contributed by atoms with van der Waals surface area (Å²) in [6.45, 7) is 7.20. The van der Waals surface area contributed by atoms with E-state index in [4.69, 9.17) is 0 Å². The zero-order valence-corrected chi connectivity index (χ0v) is 11.9. The number of aryl methyl sites for hydroxylation is 2. The Morgan fingerprint density at radius 3 is 2.47 bits per heavy atom. The Kier molecular flexibility index (Phi) is 4.63. The van der Waals surface area contributed by atoms with Crippen molar-refractivity contribution >= 4 is 0 Å². The molecule has 100 valence electrons. The highest BCUT2D eigenvalue weighted by atomic mass is 14.9. The highest BCUT2D eigenvalue weighted by molar-refractivity contribution is 5.27. The van der Waals surface area contributed by atoms with E-state index in [0.717, 1.165) is 24.4 Å². The van der Waals surface area contributed by atoms with Crippen LogP contribution in [-0.2, 0) is 6.42 Å². The number of rotatable bonds is 5. The summed E-state index contributed by atoms with van der Waals surface area (Å²) >= 11 is 0. The van der Waals surface area contributed by atoms with Gasteiger partial charge in [-0.15, -0.1) is 0 Å². The fourth-order valence-electron chi connectivity index (χ4n) is 2.36. The number of nitrogens with zero attached hydrogens (tertiary/aromatic N) is 2. The molecule has 0 spiro atoms. The average Bonchev–Trinajstić information content (AvgIpc) is 2.39. The normalized spacial score (nSPS) is 12.4. The molecule has 0 saturated heterocycles. The molecular formula is C16H21N3. The predicted molar refractivity (Wildman–Crippen MR) is 78.1 cm³/mol. The van der Waals surface area contributed by atoms with Gasteiger partial charge in [-0.3, -0.25) is 9.97 Å². The van der Waals surface area contributed by atoms with Gasteiger partial charge in [0.05, 0.1) is 0 Å². The van der Waals surface area contributed by atoms with Gasteiger partial charge in [-0.25, -0.2) is 0 Å². The van der Waals surface area contributed by atoms with E-state index in [2.05, 4.69) is 53.4 Å². The third-order valence-corrected chi connectivity index (χ3v) is 3.28. The van der Waals surface area contributed by atoms with E-state index < -0.39 is 0 Å². The van der Waals surface area contributed by atoms with E-state index in [1.165, 1.54) is 11.1 Å². The molecule has 3 nitrogen and oxygen atoms in total. The predicted octanol–water partition coefficient (Wildman–Crippen LogP) is 2.99. The second-order valence-corrected chi connectivity index (χ2v) is 4.80. The summed E-state index contributed by atoms with van der Waals surface area (Å²) in [5, 5.41) is 3.55. The summed E-state index contributed by atoms with van der Waals surface area (Å²) in [4.78, 5) is 8.63. The van der Waals surface area contributed by atoms with Crippen LogP contribution in [0.15, 0.2) is 36.7 Å². The summed E-state index contributed by atoms with van der Waals surface area (Å²) in [6, 6.07) is 8.72. The second-order valence-electron chi connectivity index (χ2n) is 4.80. The molecule has 0 bridgehead atoms. The van der Waals surface area contributed by atoms with E-state index in [9.17, 15) is 0 Å². The van der Waals surface area contributed by atoms with Crippen molar-refractivity contribution in [3.05, 3.63) is 59.2 Å². The Balaban J connectivity index is 2.24. The van der Waals surface area contributed by atoms with E-state index in [-0.39, 0.29) is 0 Å². The van der Waals surface area contributed by atoms with Crippen molar-refractivity contribution in [2.24, 2.45) is 0 Å². The Morgan fingerprint density at radius 1 is 1.11 bits per heavy atom. The van der Waals surface area contributed by atoms with Crippen LogP contribution in [-0.4, -0.2) is 16.5 Å². The zero-order valence-electron chi connectivity index (χ0n) is 11.9. The molecule has 19 heavy (non-hydrogen) atoms. The van der Waals surface area contributed by atoms with E-state index in [0.29, 0.717) is 6.04 Å². The van der Waals surface area contributed by atoms with Crippen LogP contribution in [0.2, 0.25) is 0 Å². The first-order valence-corrected chi connectivity index (χ1v) is 6.77. The minimum atomic E-state index is 0.306. The standard InChI is InChI=1S/C16H21N3/c1-4-18-16(11-14-7-9-17-10-8-14)15-6-5-12(2)19-13(15)3/h5-10,16,18H,4,11H2,1-3H3. The zero-order chi connectivity index (χ0) is 13.7. The number of hydrogen-bond acceptors (Lipinski definition) is 3. The maximum absolute atomic E-state index is 4.57. The van der Waals surface area contributed by atoms with Crippen molar-refractivity contribution in [3.63, 3.8) is 0 Å². The van der Waals surface area contributed by atoms with Gasteiger partial charge in [0.15, 0.2) is 0 Å². The van der Waals surface area contributed by atoms with Crippen molar-refractivity contribution in [2.45, 2.75) is 33.2 Å². The fourth-order valence-corrected chi connectivity index (χ4v) is 2.36. The highest BCUT2D eigenvalue weighted by Gasteiger charge is 2.14. The maximum Gasteiger partial charge on any atom is 0.0423 e. The van der Waals surface area contributed by atoms with Crippen molar-refractivity contribution in [1.82, 2.24) is 15.3 Å². The van der Waals surface area contributed by atoms with Crippen LogP contribution in [0.1, 0.15) is 35.5 Å². The second kappa shape index (κ2) is 6.43. The van der Waals surface area contributed by atoms with Gasteiger partial charge < -0.3 is 5.32 Å². The first-order valence-electron chi connectivity index (χ1n) is 6.77. The molecule has 1 unspecified atom stereocenters. The van der Waals surface area contributed by atoms with Crippen LogP contribution in [0.4, 0.5) is 0 Å². The Morgan fingerprint density at radius 2 is 1.84 bits per heavy atom. The average molecular weight is 255 g/mol. The lowest BCUT2D eigenvalue weighted by Gasteiger charge is -2.20. The molecule has 0 aliphatic carbocycles. The van der Waals surface area contributed by atoms with Crippen molar-refractivity contribution in [3.8, 4) is 0 Å². The molecule has 0 aliphatic heterocycles. The quantitative estimate of drug-likeness (QED) is 0.892. The van der Waals surface area contributed by atoms with Gasteiger partial charge in [-0.1, -0.05) is 13.0 Å². The number of nitrogens with one attached hydrogen (secondary N) is 1. The van der Waals surface area contributed by atoms with Gasteiger partial charge in [0.1, 0.15) is 0 Å². The SMILES string of the molecule is CCNC(Cc1ccncc1)c1ccc(C)nc1C. The van der Waals surface area contributed by atoms with Gasteiger partial charge >= 0.3 is 0 Å². The van der Waals surface area contributed by atoms with E-state index in [1.807, 2.05) is 19.3 Å². The topological polar surface area (TPSA) is 37.8 Å². The van der Waals surface area contributed by atoms with Crippen molar-refractivity contribution in [1.29, 1.82) is 0 Å². The summed E-state index contributed by atoms with van der Waals surface area (Å²) in [6.07, 6.45) is 4.65. The lowest BCUT2D eigenvalue weighted by molar-refractivity contribution is 0.544. The minimum Gasteiger partial charge on any atom is -0.310 e. The number of aromatic nitrogens is 2. The first kappa shape index (κ1) is 13.7. The Labute approximate surface area is 115 Å². The van der Waals surface area contributed by atoms with Crippen molar-refractivity contribution < 1.29 is 0 Å². The van der Waals surface area contributed by atoms with Gasteiger partial charge in [-0.05, 0) is 56.1 Å². The number of likely N-dealkylation sites (N-methyl/N-ethyl adjacent to an activating group) is 1. The third kappa shape index (κ3) is 3.61. The smallest absolute Gasteiger partial charge is 0.0423 e. The lowest BCUT2D eigenvalue weighted by atomic mass is 9.98. The maximum atomic E-state index is 4.57. The van der Waals surface area contributed by atoms with Crippen LogP contribution in [0.3, 0.4) is 0 Å². The fraction of sp³-hybridized carbons (Fsp3) is 0.375. The molecule has 0 radical (unpaired) electrons. The molecule has 2 aromatic heterocycles. The van der Waals surface area contributed by atoms with Gasteiger partial charge in [0, 0.05) is 29.8 Å². The van der Waals surface area contributed by atoms with Crippen molar-refractivity contribution in [2.75, 3.05) is 6.54 Å². The van der Waals surface area contributed by atoms with Crippen LogP contribution in [0.25, 0.3) is 0 Å². The molecule has 0 fully saturated rings. The van der Waals surface area contributed by atoms with E-state index in [1.54, 1.807) is 0 Å². The lowest BCUT2D eigenvalue weighted by Crippen LogP contribution is -2.24. The summed E-state index contributed by atoms with van der Waals surface area (Å²) < 4.78 is 0. The summed E-state index contributed by atoms with van der Waals surface area (Å²) in [7, 11) is 0. The van der Waals surface area contributed by atoms with Gasteiger partial charge in [0.2, 0.25) is 0 Å². The summed E-state index contributed by atoms with van der Waals surface area (Å²) in [5.74, 6) is 0. The molecule has 1 atom stereocenters. The first-order chi connectivity index (χ1) is 9.20. The van der Waals surface area contributed by atoms with Gasteiger partial charge in [0.25, 0.3) is 0 Å². The molecule has 3 heteroatoms. The Bertz CT molecular complexity index is 523. The van der Waals surface area contributed by atoms with E-state index >= 15 is 0 Å². The molecule has 0 saturated carbocycles. The largest absolute Gasteiger partial charge is 0.310 e. The minimum absolute atomic E-state index is 0.306. The molecule has 1 N–H and O–H groups in total. The molecular weight excluding hydrogens is 234 g/mol. The monoisotopic (exact) mass is 255 g/mol. The van der Waals surface area contributed by atoms with Crippen LogP contribution in [0.5, 0.6) is 0 Å².